The van der Waals surface area contributed by atoms with Gasteiger partial charge >= 0.3 is 0 Å². The SMILES string of the molecule is Cc1ccc(NC(=O)CSCc2ccccc2Cl)c(N)c1. The van der Waals surface area contributed by atoms with Gasteiger partial charge in [0, 0.05) is 10.8 Å². The number of carbonyl (C=O) groups excluding carboxylic acids is 1. The topological polar surface area (TPSA) is 55.1 Å². The van der Waals surface area contributed by atoms with Crippen molar-refractivity contribution in [2.75, 3.05) is 16.8 Å². The third-order valence-electron chi connectivity index (χ3n) is 2.93. The molecule has 0 atom stereocenters. The van der Waals surface area contributed by atoms with Crippen molar-refractivity contribution >= 4 is 40.6 Å². The molecular weight excluding hydrogens is 304 g/mol. The summed E-state index contributed by atoms with van der Waals surface area (Å²) in [6.07, 6.45) is 0. The van der Waals surface area contributed by atoms with Crippen molar-refractivity contribution in [1.82, 2.24) is 0 Å². The minimum atomic E-state index is -0.0670. The van der Waals surface area contributed by atoms with Crippen molar-refractivity contribution in [2.45, 2.75) is 12.7 Å². The lowest BCUT2D eigenvalue weighted by Gasteiger charge is -2.09. The molecule has 0 aromatic heterocycles. The summed E-state index contributed by atoms with van der Waals surface area (Å²) in [5.41, 5.74) is 9.21. The van der Waals surface area contributed by atoms with Crippen molar-refractivity contribution in [3.8, 4) is 0 Å². The molecule has 0 aliphatic rings. The van der Waals surface area contributed by atoms with Crippen LogP contribution >= 0.6 is 23.4 Å². The van der Waals surface area contributed by atoms with Crippen LogP contribution in [0, 0.1) is 6.92 Å². The summed E-state index contributed by atoms with van der Waals surface area (Å²) in [5, 5.41) is 3.55. The zero-order valence-corrected chi connectivity index (χ0v) is 13.3. The Bertz CT molecular complexity index is 646. The van der Waals surface area contributed by atoms with Crippen LogP contribution in [-0.4, -0.2) is 11.7 Å². The second-order valence-electron chi connectivity index (χ2n) is 4.72. The van der Waals surface area contributed by atoms with E-state index in [1.165, 1.54) is 11.8 Å². The number of nitrogens with two attached hydrogens (primary N) is 1. The van der Waals surface area contributed by atoms with Gasteiger partial charge in [-0.1, -0.05) is 35.9 Å². The molecule has 0 aliphatic carbocycles. The van der Waals surface area contributed by atoms with Crippen LogP contribution in [0.1, 0.15) is 11.1 Å². The first-order valence-electron chi connectivity index (χ1n) is 6.53. The predicted molar refractivity (Wildman–Crippen MR) is 91.8 cm³/mol. The van der Waals surface area contributed by atoms with Gasteiger partial charge < -0.3 is 11.1 Å². The largest absolute Gasteiger partial charge is 0.397 e. The summed E-state index contributed by atoms with van der Waals surface area (Å²) in [6, 6.07) is 13.2. The first kappa shape index (κ1) is 15.7. The van der Waals surface area contributed by atoms with E-state index in [0.29, 0.717) is 22.9 Å². The molecule has 3 N–H and O–H groups in total. The molecule has 110 valence electrons. The minimum absolute atomic E-state index is 0.0670. The first-order chi connectivity index (χ1) is 10.1. The Labute approximate surface area is 133 Å². The van der Waals surface area contributed by atoms with E-state index in [1.807, 2.05) is 49.4 Å². The molecule has 0 bridgehead atoms. The molecule has 0 fully saturated rings. The standard InChI is InChI=1S/C16H17ClN2OS/c1-11-6-7-15(14(18)8-11)19-16(20)10-21-9-12-4-2-3-5-13(12)17/h2-8H,9-10,18H2,1H3,(H,19,20). The maximum Gasteiger partial charge on any atom is 0.234 e. The molecule has 0 aliphatic heterocycles. The van der Waals surface area contributed by atoms with E-state index in [0.717, 1.165) is 16.1 Å². The molecule has 2 aromatic carbocycles. The predicted octanol–water partition coefficient (Wildman–Crippen LogP) is 4.10. The average Bonchev–Trinajstić information content (AvgIpc) is 2.44. The maximum atomic E-state index is 11.9. The molecule has 0 saturated carbocycles. The Morgan fingerprint density at radius 3 is 2.76 bits per heavy atom. The van der Waals surface area contributed by atoms with E-state index < -0.39 is 0 Å². The number of thioether (sulfide) groups is 1. The first-order valence-corrected chi connectivity index (χ1v) is 8.06. The summed E-state index contributed by atoms with van der Waals surface area (Å²) in [7, 11) is 0. The Hall–Kier alpha value is -1.65. The summed E-state index contributed by atoms with van der Waals surface area (Å²) < 4.78 is 0. The van der Waals surface area contributed by atoms with Gasteiger partial charge in [0.1, 0.15) is 0 Å². The van der Waals surface area contributed by atoms with Crippen LogP contribution in [0.15, 0.2) is 42.5 Å². The number of hydrogen-bond acceptors (Lipinski definition) is 3. The number of benzene rings is 2. The molecule has 5 heteroatoms. The highest BCUT2D eigenvalue weighted by Crippen LogP contribution is 2.22. The molecule has 1 amide bonds. The number of anilines is 2. The number of nitrogens with one attached hydrogen (secondary N) is 1. The van der Waals surface area contributed by atoms with Gasteiger partial charge in [0.25, 0.3) is 0 Å². The molecule has 0 saturated heterocycles. The fourth-order valence-electron chi connectivity index (χ4n) is 1.85. The molecule has 0 radical (unpaired) electrons. The van der Waals surface area contributed by atoms with E-state index in [2.05, 4.69) is 5.32 Å². The van der Waals surface area contributed by atoms with Crippen LogP contribution < -0.4 is 11.1 Å². The minimum Gasteiger partial charge on any atom is -0.397 e. The third kappa shape index (κ3) is 4.69. The fraction of sp³-hybridized carbons (Fsp3) is 0.188. The van der Waals surface area contributed by atoms with Crippen LogP contribution in [0.3, 0.4) is 0 Å². The molecular formula is C16H17ClN2OS. The number of hydrogen-bond donors (Lipinski definition) is 2. The van der Waals surface area contributed by atoms with Gasteiger partial charge in [-0.2, -0.15) is 0 Å². The smallest absolute Gasteiger partial charge is 0.234 e. The van der Waals surface area contributed by atoms with E-state index in [1.54, 1.807) is 0 Å². The van der Waals surface area contributed by atoms with Crippen molar-refractivity contribution < 1.29 is 4.79 Å². The lowest BCUT2D eigenvalue weighted by Crippen LogP contribution is -2.15. The summed E-state index contributed by atoms with van der Waals surface area (Å²) in [4.78, 5) is 11.9. The number of nitrogen functional groups attached to an aromatic ring is 1. The fourth-order valence-corrected chi connectivity index (χ4v) is 2.96. The lowest BCUT2D eigenvalue weighted by atomic mass is 10.2. The average molecular weight is 321 g/mol. The zero-order valence-electron chi connectivity index (χ0n) is 11.7. The Morgan fingerprint density at radius 1 is 1.29 bits per heavy atom. The van der Waals surface area contributed by atoms with E-state index >= 15 is 0 Å². The molecule has 0 unspecified atom stereocenters. The van der Waals surface area contributed by atoms with Crippen LogP contribution in [0.5, 0.6) is 0 Å². The Balaban J connectivity index is 1.84. The van der Waals surface area contributed by atoms with Gasteiger partial charge in [0.15, 0.2) is 0 Å². The van der Waals surface area contributed by atoms with E-state index in [-0.39, 0.29) is 5.91 Å². The summed E-state index contributed by atoms with van der Waals surface area (Å²) in [5.74, 6) is 0.997. The van der Waals surface area contributed by atoms with Crippen LogP contribution in [0.4, 0.5) is 11.4 Å². The van der Waals surface area contributed by atoms with Gasteiger partial charge in [-0.05, 0) is 36.2 Å². The zero-order chi connectivity index (χ0) is 15.2. The second kappa shape index (κ2) is 7.38. The van der Waals surface area contributed by atoms with Gasteiger partial charge in [0.2, 0.25) is 5.91 Å². The quantitative estimate of drug-likeness (QED) is 0.815. The Kier molecular flexibility index (Phi) is 5.53. The number of amides is 1. The molecule has 2 rings (SSSR count). The second-order valence-corrected chi connectivity index (χ2v) is 6.12. The molecule has 0 spiro atoms. The van der Waals surface area contributed by atoms with Gasteiger partial charge in [-0.3, -0.25) is 4.79 Å². The Morgan fingerprint density at radius 2 is 2.05 bits per heavy atom. The number of rotatable bonds is 5. The monoisotopic (exact) mass is 320 g/mol. The van der Waals surface area contributed by atoms with E-state index in [9.17, 15) is 4.79 Å². The van der Waals surface area contributed by atoms with E-state index in [4.69, 9.17) is 17.3 Å². The highest BCUT2D eigenvalue weighted by atomic mass is 35.5. The van der Waals surface area contributed by atoms with Crippen molar-refractivity contribution in [2.24, 2.45) is 0 Å². The maximum absolute atomic E-state index is 11.9. The van der Waals surface area contributed by atoms with Crippen molar-refractivity contribution in [3.63, 3.8) is 0 Å². The van der Waals surface area contributed by atoms with Crippen LogP contribution in [0.25, 0.3) is 0 Å². The molecule has 2 aromatic rings. The summed E-state index contributed by atoms with van der Waals surface area (Å²) in [6.45, 7) is 1.96. The van der Waals surface area contributed by atoms with Crippen molar-refractivity contribution in [3.05, 3.63) is 58.6 Å². The van der Waals surface area contributed by atoms with Crippen molar-refractivity contribution in [1.29, 1.82) is 0 Å². The highest BCUT2D eigenvalue weighted by Gasteiger charge is 2.06. The summed E-state index contributed by atoms with van der Waals surface area (Å²) >= 11 is 7.59. The number of halogens is 1. The van der Waals surface area contributed by atoms with Gasteiger partial charge in [0.05, 0.1) is 17.1 Å². The normalized spacial score (nSPS) is 10.4. The van der Waals surface area contributed by atoms with Gasteiger partial charge in [-0.15, -0.1) is 11.8 Å². The molecule has 21 heavy (non-hydrogen) atoms. The molecule has 3 nitrogen and oxygen atoms in total. The highest BCUT2D eigenvalue weighted by molar-refractivity contribution is 7.99. The number of aryl methyl sites for hydroxylation is 1. The lowest BCUT2D eigenvalue weighted by molar-refractivity contribution is -0.113. The number of carbonyl (C=O) groups is 1. The van der Waals surface area contributed by atoms with Gasteiger partial charge in [-0.25, -0.2) is 0 Å². The van der Waals surface area contributed by atoms with Crippen LogP contribution in [0.2, 0.25) is 5.02 Å². The van der Waals surface area contributed by atoms with Crippen LogP contribution in [-0.2, 0) is 10.5 Å². The third-order valence-corrected chi connectivity index (χ3v) is 4.28. The molecule has 0 heterocycles.